The maximum atomic E-state index is 12.8. The lowest BCUT2D eigenvalue weighted by atomic mass is 10.1. The smallest absolute Gasteiger partial charge is 0.337 e. The number of carbonyl (C=O) groups is 1. The van der Waals surface area contributed by atoms with Crippen molar-refractivity contribution in [2.24, 2.45) is 0 Å². The van der Waals surface area contributed by atoms with E-state index in [4.69, 9.17) is 0 Å². The van der Waals surface area contributed by atoms with Gasteiger partial charge in [0.25, 0.3) is 0 Å². The number of Topliss-reactive ketones (excluding diaryl/α,β-unsaturated/α-hetero) is 1. The number of aromatic nitrogens is 4. The van der Waals surface area contributed by atoms with Crippen LogP contribution in [0, 0.1) is 13.8 Å². The lowest BCUT2D eigenvalue weighted by Gasteiger charge is -2.12. The molecule has 0 aliphatic carbocycles. The van der Waals surface area contributed by atoms with E-state index in [-0.39, 0.29) is 18.9 Å². The summed E-state index contributed by atoms with van der Waals surface area (Å²) in [5.41, 5.74) is -0.258. The number of hydrogen-bond donors (Lipinski definition) is 0. The minimum Gasteiger partial charge on any atom is -0.349 e. The maximum Gasteiger partial charge on any atom is 0.337 e. The average molecular weight is 372 g/mol. The molecule has 0 aliphatic rings. The summed E-state index contributed by atoms with van der Waals surface area (Å²) in [6.45, 7) is 12.9. The molecule has 0 spiro atoms. The Bertz CT molecular complexity index is 1030. The molecule has 2 aromatic heterocycles. The van der Waals surface area contributed by atoms with Gasteiger partial charge < -0.3 is 4.57 Å². The van der Waals surface area contributed by atoms with Gasteiger partial charge in [-0.1, -0.05) is 12.2 Å². The molecular formula is C19H24N4O4. The zero-order valence-corrected chi connectivity index (χ0v) is 15.9. The largest absolute Gasteiger partial charge is 0.349 e. The van der Waals surface area contributed by atoms with Crippen LogP contribution in [0.2, 0.25) is 0 Å². The first kappa shape index (κ1) is 20.2. The third-order valence-electron chi connectivity index (χ3n) is 4.50. The summed E-state index contributed by atoms with van der Waals surface area (Å²) in [5, 5.41) is 0. The Kier molecular flexibility index (Phi) is 5.99. The van der Waals surface area contributed by atoms with Crippen molar-refractivity contribution in [2.45, 2.75) is 47.0 Å². The third kappa shape index (κ3) is 3.55. The number of aryl methyl sites for hydroxylation is 1. The monoisotopic (exact) mass is 372 g/mol. The van der Waals surface area contributed by atoms with Crippen LogP contribution in [0.25, 0.3) is 0 Å². The number of hydrogen-bond acceptors (Lipinski definition) is 4. The molecule has 0 unspecified atom stereocenters. The van der Waals surface area contributed by atoms with Crippen molar-refractivity contribution < 1.29 is 4.79 Å². The SMILES string of the molecule is C=CCn1c(=O)n(CC=C)c(=O)n(CC(=O)c2cc(C)n(CC)c2C)c1=O. The van der Waals surface area contributed by atoms with Gasteiger partial charge >= 0.3 is 17.1 Å². The van der Waals surface area contributed by atoms with Crippen LogP contribution in [0.15, 0.2) is 45.8 Å². The second-order valence-electron chi connectivity index (χ2n) is 6.18. The maximum absolute atomic E-state index is 12.8. The number of rotatable bonds is 8. The Hall–Kier alpha value is -3.16. The summed E-state index contributed by atoms with van der Waals surface area (Å²) in [6.07, 6.45) is 2.76. The van der Waals surface area contributed by atoms with Crippen molar-refractivity contribution in [3.8, 4) is 0 Å². The second-order valence-corrected chi connectivity index (χ2v) is 6.18. The molecule has 0 saturated heterocycles. The molecule has 2 aromatic rings. The van der Waals surface area contributed by atoms with E-state index in [1.54, 1.807) is 6.07 Å². The molecule has 0 radical (unpaired) electrons. The van der Waals surface area contributed by atoms with Crippen LogP contribution in [0.5, 0.6) is 0 Å². The molecule has 144 valence electrons. The van der Waals surface area contributed by atoms with Gasteiger partial charge in [-0.3, -0.25) is 4.79 Å². The first-order chi connectivity index (χ1) is 12.8. The molecule has 0 amide bonds. The molecule has 0 saturated carbocycles. The van der Waals surface area contributed by atoms with Crippen LogP contribution in [-0.2, 0) is 26.2 Å². The van der Waals surface area contributed by atoms with Crippen LogP contribution in [-0.4, -0.2) is 24.1 Å². The van der Waals surface area contributed by atoms with E-state index in [1.807, 2.05) is 25.3 Å². The molecule has 2 heterocycles. The van der Waals surface area contributed by atoms with Crippen LogP contribution in [0.1, 0.15) is 28.7 Å². The Morgan fingerprint density at radius 3 is 1.81 bits per heavy atom. The van der Waals surface area contributed by atoms with E-state index in [2.05, 4.69) is 13.2 Å². The second kappa shape index (κ2) is 8.03. The van der Waals surface area contributed by atoms with E-state index in [9.17, 15) is 19.2 Å². The van der Waals surface area contributed by atoms with Gasteiger partial charge in [-0.15, -0.1) is 13.2 Å². The van der Waals surface area contributed by atoms with Crippen molar-refractivity contribution >= 4 is 5.78 Å². The Morgan fingerprint density at radius 2 is 1.41 bits per heavy atom. The third-order valence-corrected chi connectivity index (χ3v) is 4.50. The quantitative estimate of drug-likeness (QED) is 0.508. The molecule has 27 heavy (non-hydrogen) atoms. The molecule has 0 N–H and O–H groups in total. The molecule has 8 heteroatoms. The summed E-state index contributed by atoms with van der Waals surface area (Å²) in [5.74, 6) is -0.365. The molecule has 0 aliphatic heterocycles. The van der Waals surface area contributed by atoms with Crippen LogP contribution < -0.4 is 17.1 Å². The number of allylic oxidation sites excluding steroid dienone is 2. The first-order valence-electron chi connectivity index (χ1n) is 8.64. The fourth-order valence-electron chi connectivity index (χ4n) is 3.19. The predicted molar refractivity (Wildman–Crippen MR) is 104 cm³/mol. The number of nitrogens with zero attached hydrogens (tertiary/aromatic N) is 4. The van der Waals surface area contributed by atoms with Gasteiger partial charge in [-0.2, -0.15) is 0 Å². The molecule has 0 atom stereocenters. The highest BCUT2D eigenvalue weighted by molar-refractivity contribution is 5.97. The Balaban J connectivity index is 2.62. The Labute approximate surface area is 156 Å². The topological polar surface area (TPSA) is 88.0 Å². The highest BCUT2D eigenvalue weighted by atomic mass is 16.2. The van der Waals surface area contributed by atoms with Crippen molar-refractivity contribution in [3.05, 3.63) is 79.8 Å². The summed E-state index contributed by atoms with van der Waals surface area (Å²) in [6, 6.07) is 1.74. The normalized spacial score (nSPS) is 10.8. The van der Waals surface area contributed by atoms with E-state index in [0.29, 0.717) is 12.1 Å². The van der Waals surface area contributed by atoms with Crippen molar-refractivity contribution in [3.63, 3.8) is 0 Å². The molecule has 0 aromatic carbocycles. The van der Waals surface area contributed by atoms with E-state index >= 15 is 0 Å². The number of carbonyl (C=O) groups excluding carboxylic acids is 1. The van der Waals surface area contributed by atoms with E-state index in [0.717, 1.165) is 25.1 Å². The summed E-state index contributed by atoms with van der Waals surface area (Å²) in [4.78, 5) is 50.4. The van der Waals surface area contributed by atoms with Gasteiger partial charge in [-0.05, 0) is 26.8 Å². The van der Waals surface area contributed by atoms with E-state index in [1.165, 1.54) is 12.2 Å². The van der Waals surface area contributed by atoms with Gasteiger partial charge in [-0.25, -0.2) is 28.1 Å². The van der Waals surface area contributed by atoms with Crippen LogP contribution in [0.4, 0.5) is 0 Å². The van der Waals surface area contributed by atoms with Gasteiger partial charge in [0.05, 0.1) is 19.6 Å². The number of ketones is 1. The van der Waals surface area contributed by atoms with Crippen molar-refractivity contribution in [2.75, 3.05) is 0 Å². The minimum absolute atomic E-state index is 0.0619. The first-order valence-corrected chi connectivity index (χ1v) is 8.64. The van der Waals surface area contributed by atoms with Gasteiger partial charge in [0.15, 0.2) is 5.78 Å². The van der Waals surface area contributed by atoms with E-state index < -0.39 is 23.6 Å². The fourth-order valence-corrected chi connectivity index (χ4v) is 3.19. The highest BCUT2D eigenvalue weighted by Gasteiger charge is 2.20. The van der Waals surface area contributed by atoms with Gasteiger partial charge in [0.2, 0.25) is 0 Å². The molecule has 0 fully saturated rings. The van der Waals surface area contributed by atoms with Gasteiger partial charge in [0.1, 0.15) is 0 Å². The zero-order valence-electron chi connectivity index (χ0n) is 15.9. The predicted octanol–water partition coefficient (Wildman–Crippen LogP) is 0.865. The van der Waals surface area contributed by atoms with Crippen LogP contribution in [0.3, 0.4) is 0 Å². The Morgan fingerprint density at radius 1 is 0.926 bits per heavy atom. The summed E-state index contributed by atoms with van der Waals surface area (Å²) in [7, 11) is 0. The lowest BCUT2D eigenvalue weighted by molar-refractivity contribution is 0.0966. The molecule has 2 rings (SSSR count). The molecule has 8 nitrogen and oxygen atoms in total. The van der Waals surface area contributed by atoms with Gasteiger partial charge in [0, 0.05) is 23.5 Å². The van der Waals surface area contributed by atoms with Crippen LogP contribution >= 0.6 is 0 Å². The molecule has 0 bridgehead atoms. The zero-order chi connectivity index (χ0) is 20.3. The standard InChI is InChI=1S/C19H24N4O4/c1-6-9-21-17(25)22(10-7-2)19(27)23(18(21)26)12-16(24)15-11-13(4)20(8-3)14(15)5/h6-7,11H,1-2,8-10,12H2,3-5H3. The fraction of sp³-hybridized carbons (Fsp3) is 0.368. The average Bonchev–Trinajstić information content (AvgIpc) is 2.93. The highest BCUT2D eigenvalue weighted by Crippen LogP contribution is 2.15. The van der Waals surface area contributed by atoms with Crippen molar-refractivity contribution in [1.29, 1.82) is 0 Å². The van der Waals surface area contributed by atoms with Crippen molar-refractivity contribution in [1.82, 2.24) is 18.3 Å². The molecular weight excluding hydrogens is 348 g/mol. The lowest BCUT2D eigenvalue weighted by Crippen LogP contribution is -2.55. The summed E-state index contributed by atoms with van der Waals surface area (Å²) >= 11 is 0. The summed E-state index contributed by atoms with van der Waals surface area (Å²) < 4.78 is 4.51. The minimum atomic E-state index is -0.831.